The van der Waals surface area contributed by atoms with Crippen LogP contribution in [0.15, 0.2) is 53.4 Å². The number of carbonyl (C=O) groups excluding carboxylic acids is 1. The molecule has 3 aromatic rings. The monoisotopic (exact) mass is 478 g/mol. The number of hydrogen-bond donors (Lipinski definition) is 1. The highest BCUT2D eigenvalue weighted by atomic mass is 35.5. The number of nitrogens with zero attached hydrogens (tertiary/aromatic N) is 3. The summed E-state index contributed by atoms with van der Waals surface area (Å²) < 4.78 is 27.2. The molecule has 0 radical (unpaired) electrons. The molecule has 0 unspecified atom stereocenters. The van der Waals surface area contributed by atoms with Gasteiger partial charge in [-0.2, -0.15) is 4.31 Å². The quantitative estimate of drug-likeness (QED) is 0.471. The standard InChI is InChI=1S/C21H23ClN4O3S2/c1-3-13-26(14-4-2)31(28,29)16-11-9-15(10-12-16)19(27)23-21-25-24-20(30-21)17-7-5-6-8-18(17)22/h5-12H,3-4,13-14H2,1-2H3,(H,23,25,27). The van der Waals surface area contributed by atoms with E-state index in [0.717, 1.165) is 18.4 Å². The number of anilines is 1. The largest absolute Gasteiger partial charge is 0.296 e. The van der Waals surface area contributed by atoms with Crippen molar-refractivity contribution in [2.45, 2.75) is 31.6 Å². The number of aromatic nitrogens is 2. The molecule has 10 heteroatoms. The number of amides is 1. The summed E-state index contributed by atoms with van der Waals surface area (Å²) in [6.45, 7) is 4.80. The van der Waals surface area contributed by atoms with E-state index in [9.17, 15) is 13.2 Å². The lowest BCUT2D eigenvalue weighted by molar-refractivity contribution is 0.102. The van der Waals surface area contributed by atoms with Crippen molar-refractivity contribution in [2.24, 2.45) is 0 Å². The molecule has 0 aliphatic rings. The molecule has 3 rings (SSSR count). The number of sulfonamides is 1. The Morgan fingerprint density at radius 2 is 1.68 bits per heavy atom. The van der Waals surface area contributed by atoms with Gasteiger partial charge < -0.3 is 0 Å². The lowest BCUT2D eigenvalue weighted by Gasteiger charge is -2.21. The predicted octanol–water partition coefficient (Wildman–Crippen LogP) is 4.92. The number of benzene rings is 2. The van der Waals surface area contributed by atoms with Crippen LogP contribution < -0.4 is 5.32 Å². The van der Waals surface area contributed by atoms with Crippen molar-refractivity contribution in [2.75, 3.05) is 18.4 Å². The van der Waals surface area contributed by atoms with Gasteiger partial charge in [-0.3, -0.25) is 10.1 Å². The van der Waals surface area contributed by atoms with Crippen LogP contribution >= 0.6 is 22.9 Å². The van der Waals surface area contributed by atoms with Gasteiger partial charge in [0.05, 0.1) is 9.92 Å². The maximum atomic E-state index is 12.8. The van der Waals surface area contributed by atoms with Gasteiger partial charge in [0, 0.05) is 24.2 Å². The molecule has 7 nitrogen and oxygen atoms in total. The highest BCUT2D eigenvalue weighted by molar-refractivity contribution is 7.89. The highest BCUT2D eigenvalue weighted by Gasteiger charge is 2.23. The molecular formula is C21H23ClN4O3S2. The number of rotatable bonds is 9. The second-order valence-corrected chi connectivity index (χ2v) is 10.1. The van der Waals surface area contributed by atoms with Crippen LogP contribution in [0, 0.1) is 0 Å². The lowest BCUT2D eigenvalue weighted by atomic mass is 10.2. The molecule has 0 aliphatic heterocycles. The molecule has 1 heterocycles. The molecule has 0 aliphatic carbocycles. The molecule has 1 amide bonds. The first-order valence-corrected chi connectivity index (χ1v) is 12.5. The summed E-state index contributed by atoms with van der Waals surface area (Å²) in [5.41, 5.74) is 1.06. The van der Waals surface area contributed by atoms with Crippen LogP contribution in [0.25, 0.3) is 10.6 Å². The molecule has 1 N–H and O–H groups in total. The Morgan fingerprint density at radius 1 is 1.03 bits per heavy atom. The zero-order valence-electron chi connectivity index (χ0n) is 17.2. The Hall–Kier alpha value is -2.33. The summed E-state index contributed by atoms with van der Waals surface area (Å²) in [5.74, 6) is -0.398. The van der Waals surface area contributed by atoms with Gasteiger partial charge in [-0.25, -0.2) is 8.42 Å². The molecule has 0 saturated carbocycles. The minimum atomic E-state index is -3.59. The molecular weight excluding hydrogens is 456 g/mol. The van der Waals surface area contributed by atoms with Crippen molar-refractivity contribution >= 4 is 44.0 Å². The van der Waals surface area contributed by atoms with Crippen LogP contribution in [0.4, 0.5) is 5.13 Å². The molecule has 0 bridgehead atoms. The lowest BCUT2D eigenvalue weighted by Crippen LogP contribution is -2.32. The fourth-order valence-electron chi connectivity index (χ4n) is 2.96. The van der Waals surface area contributed by atoms with E-state index >= 15 is 0 Å². The third kappa shape index (κ3) is 5.48. The number of carbonyl (C=O) groups is 1. The van der Waals surface area contributed by atoms with E-state index < -0.39 is 15.9 Å². The fraction of sp³-hybridized carbons (Fsp3) is 0.286. The first-order valence-electron chi connectivity index (χ1n) is 9.86. The SMILES string of the molecule is CCCN(CCC)S(=O)(=O)c1ccc(C(=O)Nc2nnc(-c3ccccc3Cl)s2)cc1. The first-order chi connectivity index (χ1) is 14.9. The normalized spacial score (nSPS) is 11.6. The molecule has 0 spiro atoms. The van der Waals surface area contributed by atoms with Gasteiger partial charge >= 0.3 is 0 Å². The highest BCUT2D eigenvalue weighted by Crippen LogP contribution is 2.31. The summed E-state index contributed by atoms with van der Waals surface area (Å²) in [5, 5.41) is 12.2. The second kappa shape index (κ2) is 10.3. The first kappa shape index (κ1) is 23.3. The van der Waals surface area contributed by atoms with Crippen molar-refractivity contribution in [1.29, 1.82) is 0 Å². The number of halogens is 1. The average molecular weight is 479 g/mol. The molecule has 0 fully saturated rings. The Bertz CT molecular complexity index is 1140. The van der Waals surface area contributed by atoms with Crippen LogP contribution in [0.2, 0.25) is 5.02 Å². The van der Waals surface area contributed by atoms with Crippen molar-refractivity contribution in [1.82, 2.24) is 14.5 Å². The minimum absolute atomic E-state index is 0.169. The molecule has 164 valence electrons. The van der Waals surface area contributed by atoms with E-state index in [1.807, 2.05) is 32.0 Å². The van der Waals surface area contributed by atoms with Crippen molar-refractivity contribution in [3.05, 3.63) is 59.1 Å². The van der Waals surface area contributed by atoms with Crippen molar-refractivity contribution in [3.8, 4) is 10.6 Å². The zero-order chi connectivity index (χ0) is 22.4. The predicted molar refractivity (Wildman–Crippen MR) is 124 cm³/mol. The fourth-order valence-corrected chi connectivity index (χ4v) is 5.65. The van der Waals surface area contributed by atoms with E-state index in [1.54, 1.807) is 6.07 Å². The Balaban J connectivity index is 1.73. The maximum absolute atomic E-state index is 12.8. The van der Waals surface area contributed by atoms with Crippen LogP contribution in [0.3, 0.4) is 0 Å². The number of hydrogen-bond acceptors (Lipinski definition) is 6. The second-order valence-electron chi connectivity index (χ2n) is 6.77. The summed E-state index contributed by atoms with van der Waals surface area (Å²) in [6, 6.07) is 13.2. The van der Waals surface area contributed by atoms with E-state index in [0.29, 0.717) is 33.8 Å². The van der Waals surface area contributed by atoms with Crippen molar-refractivity contribution < 1.29 is 13.2 Å². The van der Waals surface area contributed by atoms with E-state index in [2.05, 4.69) is 15.5 Å². The van der Waals surface area contributed by atoms with Crippen LogP contribution in [0.5, 0.6) is 0 Å². The van der Waals surface area contributed by atoms with Gasteiger partial charge in [-0.15, -0.1) is 10.2 Å². The van der Waals surface area contributed by atoms with E-state index in [1.165, 1.54) is 39.9 Å². The summed E-state index contributed by atoms with van der Waals surface area (Å²) in [6.07, 6.45) is 1.47. The third-order valence-corrected chi connectivity index (χ3v) is 7.56. The van der Waals surface area contributed by atoms with Crippen molar-refractivity contribution in [3.63, 3.8) is 0 Å². The Kier molecular flexibility index (Phi) is 7.77. The maximum Gasteiger partial charge on any atom is 0.257 e. The Labute approximate surface area is 191 Å². The van der Waals surface area contributed by atoms with Gasteiger partial charge in [-0.1, -0.05) is 55.0 Å². The molecule has 0 atom stereocenters. The average Bonchev–Trinajstić information content (AvgIpc) is 3.22. The number of nitrogens with one attached hydrogen (secondary N) is 1. The smallest absolute Gasteiger partial charge is 0.257 e. The Morgan fingerprint density at radius 3 is 2.29 bits per heavy atom. The molecule has 0 saturated heterocycles. The summed E-state index contributed by atoms with van der Waals surface area (Å²) in [7, 11) is -3.59. The molecule has 1 aromatic heterocycles. The van der Waals surface area contributed by atoms with Crippen LogP contribution in [-0.4, -0.2) is 41.9 Å². The van der Waals surface area contributed by atoms with Gasteiger partial charge in [0.15, 0.2) is 5.01 Å². The summed E-state index contributed by atoms with van der Waals surface area (Å²) in [4.78, 5) is 12.7. The van der Waals surface area contributed by atoms with Crippen LogP contribution in [0.1, 0.15) is 37.0 Å². The van der Waals surface area contributed by atoms with Gasteiger partial charge in [0.25, 0.3) is 5.91 Å². The topological polar surface area (TPSA) is 92.3 Å². The van der Waals surface area contributed by atoms with Gasteiger partial charge in [0.2, 0.25) is 15.2 Å². The van der Waals surface area contributed by atoms with Crippen LogP contribution in [-0.2, 0) is 10.0 Å². The molecule has 31 heavy (non-hydrogen) atoms. The van der Waals surface area contributed by atoms with Gasteiger partial charge in [0.1, 0.15) is 0 Å². The van der Waals surface area contributed by atoms with E-state index in [-0.39, 0.29) is 4.90 Å². The zero-order valence-corrected chi connectivity index (χ0v) is 19.6. The third-order valence-electron chi connectivity index (χ3n) is 4.45. The molecule has 2 aromatic carbocycles. The van der Waals surface area contributed by atoms with E-state index in [4.69, 9.17) is 11.6 Å². The van der Waals surface area contributed by atoms with Gasteiger partial charge in [-0.05, 0) is 43.2 Å². The minimum Gasteiger partial charge on any atom is -0.296 e. The summed E-state index contributed by atoms with van der Waals surface area (Å²) >= 11 is 7.39.